The standard InChI is InChI=1S/C18H22N4/c1-15-9-12-22(13-10-15)17-7-5-16(6-8-17)14-20-21-18-4-2-3-11-19-18/h2-8,11,14-15H,9-10,12-13H2,1H3,(H,19,21). The Morgan fingerprint density at radius 2 is 1.91 bits per heavy atom. The van der Waals surface area contributed by atoms with Gasteiger partial charge in [0.15, 0.2) is 0 Å². The van der Waals surface area contributed by atoms with Gasteiger partial charge in [-0.1, -0.05) is 25.1 Å². The molecule has 0 atom stereocenters. The van der Waals surface area contributed by atoms with Gasteiger partial charge in [-0.25, -0.2) is 4.98 Å². The first-order chi connectivity index (χ1) is 10.8. The molecule has 1 fully saturated rings. The van der Waals surface area contributed by atoms with Gasteiger partial charge in [-0.3, -0.25) is 5.43 Å². The van der Waals surface area contributed by atoms with Crippen LogP contribution in [0.2, 0.25) is 0 Å². The van der Waals surface area contributed by atoms with Crippen molar-refractivity contribution < 1.29 is 0 Å². The molecule has 0 bridgehead atoms. The van der Waals surface area contributed by atoms with Crippen LogP contribution in [0.15, 0.2) is 53.8 Å². The highest BCUT2D eigenvalue weighted by atomic mass is 15.3. The summed E-state index contributed by atoms with van der Waals surface area (Å²) in [7, 11) is 0. The summed E-state index contributed by atoms with van der Waals surface area (Å²) in [4.78, 5) is 6.63. The van der Waals surface area contributed by atoms with Crippen molar-refractivity contribution >= 4 is 17.7 Å². The van der Waals surface area contributed by atoms with E-state index in [9.17, 15) is 0 Å². The highest BCUT2D eigenvalue weighted by molar-refractivity contribution is 5.80. The summed E-state index contributed by atoms with van der Waals surface area (Å²) in [6.07, 6.45) is 6.14. The van der Waals surface area contributed by atoms with Crippen LogP contribution in [0, 0.1) is 5.92 Å². The number of anilines is 2. The van der Waals surface area contributed by atoms with Crippen molar-refractivity contribution in [2.75, 3.05) is 23.4 Å². The third-order valence-electron chi connectivity index (χ3n) is 4.10. The van der Waals surface area contributed by atoms with Gasteiger partial charge in [-0.2, -0.15) is 5.10 Å². The minimum atomic E-state index is 0.748. The zero-order valence-corrected chi connectivity index (χ0v) is 12.9. The first-order valence-corrected chi connectivity index (χ1v) is 7.86. The van der Waals surface area contributed by atoms with Crippen LogP contribution >= 0.6 is 0 Å². The Balaban J connectivity index is 1.57. The Hall–Kier alpha value is -2.36. The molecule has 0 unspecified atom stereocenters. The van der Waals surface area contributed by atoms with Gasteiger partial charge in [-0.15, -0.1) is 0 Å². The number of nitrogens with zero attached hydrogens (tertiary/aromatic N) is 3. The van der Waals surface area contributed by atoms with Crippen LogP contribution < -0.4 is 10.3 Å². The summed E-state index contributed by atoms with van der Waals surface area (Å²) in [6, 6.07) is 14.3. The van der Waals surface area contributed by atoms with Crippen LogP contribution in [0.1, 0.15) is 25.3 Å². The third-order valence-corrected chi connectivity index (χ3v) is 4.10. The minimum absolute atomic E-state index is 0.748. The van der Waals surface area contributed by atoms with Crippen molar-refractivity contribution in [2.24, 2.45) is 11.0 Å². The maximum absolute atomic E-state index is 4.21. The second kappa shape index (κ2) is 7.07. The average Bonchev–Trinajstić information content (AvgIpc) is 2.57. The molecule has 4 heteroatoms. The molecule has 4 nitrogen and oxygen atoms in total. The van der Waals surface area contributed by atoms with Gasteiger partial charge in [0, 0.05) is 25.0 Å². The van der Waals surface area contributed by atoms with Crippen LogP contribution in [0.4, 0.5) is 11.5 Å². The van der Waals surface area contributed by atoms with E-state index in [1.165, 1.54) is 18.5 Å². The molecule has 0 saturated carbocycles. The first kappa shape index (κ1) is 14.6. The molecule has 1 aromatic carbocycles. The van der Waals surface area contributed by atoms with Crippen LogP contribution in [0.3, 0.4) is 0 Å². The van der Waals surface area contributed by atoms with Crippen molar-refractivity contribution in [1.29, 1.82) is 0 Å². The molecule has 0 spiro atoms. The van der Waals surface area contributed by atoms with Crippen molar-refractivity contribution in [1.82, 2.24) is 4.98 Å². The van der Waals surface area contributed by atoms with E-state index >= 15 is 0 Å². The second-order valence-corrected chi connectivity index (χ2v) is 5.85. The van der Waals surface area contributed by atoms with Gasteiger partial charge in [0.2, 0.25) is 0 Å². The van der Waals surface area contributed by atoms with Gasteiger partial charge in [0.05, 0.1) is 6.21 Å². The van der Waals surface area contributed by atoms with E-state index in [-0.39, 0.29) is 0 Å². The lowest BCUT2D eigenvalue weighted by Crippen LogP contribution is -2.32. The maximum Gasteiger partial charge on any atom is 0.146 e. The van der Waals surface area contributed by atoms with Gasteiger partial charge in [-0.05, 0) is 48.6 Å². The normalized spacial score (nSPS) is 16.1. The number of rotatable bonds is 4. The summed E-state index contributed by atoms with van der Waals surface area (Å²) in [5.41, 5.74) is 5.31. The Kier molecular flexibility index (Phi) is 4.68. The lowest BCUT2D eigenvalue weighted by atomic mass is 9.99. The van der Waals surface area contributed by atoms with Gasteiger partial charge < -0.3 is 4.90 Å². The van der Waals surface area contributed by atoms with E-state index in [2.05, 4.69) is 51.6 Å². The molecule has 1 N–H and O–H groups in total. The topological polar surface area (TPSA) is 40.5 Å². The lowest BCUT2D eigenvalue weighted by Gasteiger charge is -2.32. The van der Waals surface area contributed by atoms with E-state index in [0.717, 1.165) is 30.4 Å². The highest BCUT2D eigenvalue weighted by Gasteiger charge is 2.15. The highest BCUT2D eigenvalue weighted by Crippen LogP contribution is 2.22. The number of nitrogens with one attached hydrogen (secondary N) is 1. The molecular weight excluding hydrogens is 272 g/mol. The number of piperidine rings is 1. The van der Waals surface area contributed by atoms with E-state index in [1.54, 1.807) is 6.20 Å². The van der Waals surface area contributed by atoms with E-state index in [1.807, 2.05) is 24.4 Å². The predicted molar refractivity (Wildman–Crippen MR) is 92.5 cm³/mol. The fraction of sp³-hybridized carbons (Fsp3) is 0.333. The van der Waals surface area contributed by atoms with Crippen molar-refractivity contribution in [3.05, 3.63) is 54.2 Å². The number of hydrazone groups is 1. The second-order valence-electron chi connectivity index (χ2n) is 5.85. The van der Waals surface area contributed by atoms with E-state index in [0.29, 0.717) is 0 Å². The fourth-order valence-electron chi connectivity index (χ4n) is 2.64. The lowest BCUT2D eigenvalue weighted by molar-refractivity contribution is 0.438. The number of pyridine rings is 1. The SMILES string of the molecule is CC1CCN(c2ccc(C=NNc3ccccn3)cc2)CC1. The molecule has 0 aliphatic carbocycles. The molecule has 2 heterocycles. The quantitative estimate of drug-likeness (QED) is 0.689. The molecule has 3 rings (SSSR count). The van der Waals surface area contributed by atoms with Crippen LogP contribution in [0.5, 0.6) is 0 Å². The van der Waals surface area contributed by atoms with Crippen molar-refractivity contribution in [2.45, 2.75) is 19.8 Å². The summed E-state index contributed by atoms with van der Waals surface area (Å²) >= 11 is 0. The summed E-state index contributed by atoms with van der Waals surface area (Å²) in [5, 5.41) is 4.21. The van der Waals surface area contributed by atoms with Crippen LogP contribution in [-0.2, 0) is 0 Å². The largest absolute Gasteiger partial charge is 0.372 e. The molecule has 0 radical (unpaired) electrons. The fourth-order valence-corrected chi connectivity index (χ4v) is 2.64. The third kappa shape index (κ3) is 3.85. The first-order valence-electron chi connectivity index (χ1n) is 7.86. The van der Waals surface area contributed by atoms with Gasteiger partial charge in [0.1, 0.15) is 5.82 Å². The van der Waals surface area contributed by atoms with Crippen molar-refractivity contribution in [3.8, 4) is 0 Å². The zero-order valence-electron chi connectivity index (χ0n) is 12.9. The molecule has 1 aliphatic rings. The molecule has 2 aromatic rings. The number of aromatic nitrogens is 1. The number of hydrogen-bond acceptors (Lipinski definition) is 4. The average molecular weight is 294 g/mol. The maximum atomic E-state index is 4.21. The Bertz CT molecular complexity index is 599. The molecular formula is C18H22N4. The molecule has 1 aromatic heterocycles. The molecule has 0 amide bonds. The Labute approximate surface area is 131 Å². The van der Waals surface area contributed by atoms with Crippen molar-refractivity contribution in [3.63, 3.8) is 0 Å². The molecule has 1 saturated heterocycles. The number of hydrogen-bond donors (Lipinski definition) is 1. The molecule has 1 aliphatic heterocycles. The van der Waals surface area contributed by atoms with Gasteiger partial charge >= 0.3 is 0 Å². The summed E-state index contributed by atoms with van der Waals surface area (Å²) < 4.78 is 0. The predicted octanol–water partition coefficient (Wildman–Crippen LogP) is 3.76. The number of benzene rings is 1. The summed E-state index contributed by atoms with van der Waals surface area (Å²) in [6.45, 7) is 4.66. The monoisotopic (exact) mass is 294 g/mol. The smallest absolute Gasteiger partial charge is 0.146 e. The Morgan fingerprint density at radius 1 is 1.14 bits per heavy atom. The van der Waals surface area contributed by atoms with Crippen LogP contribution in [0.25, 0.3) is 0 Å². The van der Waals surface area contributed by atoms with E-state index in [4.69, 9.17) is 0 Å². The Morgan fingerprint density at radius 3 is 2.59 bits per heavy atom. The van der Waals surface area contributed by atoms with E-state index < -0.39 is 0 Å². The zero-order chi connectivity index (χ0) is 15.2. The molecule has 114 valence electrons. The van der Waals surface area contributed by atoms with Gasteiger partial charge in [0.25, 0.3) is 0 Å². The summed E-state index contributed by atoms with van der Waals surface area (Å²) in [5.74, 6) is 1.61. The van der Waals surface area contributed by atoms with Crippen LogP contribution in [-0.4, -0.2) is 24.3 Å². The minimum Gasteiger partial charge on any atom is -0.372 e. The molecule has 22 heavy (non-hydrogen) atoms.